The molecule has 11 heteroatoms. The van der Waals surface area contributed by atoms with E-state index < -0.39 is 0 Å². The van der Waals surface area contributed by atoms with Gasteiger partial charge in [-0.05, 0) is 63.4 Å². The van der Waals surface area contributed by atoms with E-state index in [9.17, 15) is 9.59 Å². The number of benzene rings is 1. The number of fused-ring (bicyclic) bond motifs is 1. The SMILES string of the molecule is CC[C@@H]1C(=O)N(C)c2cnc(N(C)c3ccc(C(=O)NCCOC4CCNCC4)cc3OC)nc2N1C1CCCC1. The van der Waals surface area contributed by atoms with Crippen LogP contribution >= 0.6 is 0 Å². The number of carbonyl (C=O) groups excluding carboxylic acids is 2. The van der Waals surface area contributed by atoms with Gasteiger partial charge in [0.05, 0.1) is 31.7 Å². The van der Waals surface area contributed by atoms with Crippen LogP contribution < -0.4 is 30.1 Å². The Kier molecular flexibility index (Phi) is 9.24. The summed E-state index contributed by atoms with van der Waals surface area (Å²) in [6.07, 6.45) is 9.16. The summed E-state index contributed by atoms with van der Waals surface area (Å²) in [7, 11) is 5.27. The molecule has 3 heterocycles. The van der Waals surface area contributed by atoms with Gasteiger partial charge in [-0.3, -0.25) is 9.59 Å². The second-order valence-corrected chi connectivity index (χ2v) is 11.1. The molecule has 0 spiro atoms. The van der Waals surface area contributed by atoms with Crippen LogP contribution in [0.25, 0.3) is 0 Å². The summed E-state index contributed by atoms with van der Waals surface area (Å²) in [6, 6.07) is 5.42. The molecule has 0 unspecified atom stereocenters. The van der Waals surface area contributed by atoms with Gasteiger partial charge in [-0.15, -0.1) is 0 Å². The van der Waals surface area contributed by atoms with E-state index in [0.717, 1.165) is 75.2 Å². The zero-order valence-electron chi connectivity index (χ0n) is 24.7. The number of anilines is 4. The largest absolute Gasteiger partial charge is 0.495 e. The van der Waals surface area contributed by atoms with Gasteiger partial charge in [-0.1, -0.05) is 19.8 Å². The average molecular weight is 566 g/mol. The van der Waals surface area contributed by atoms with E-state index in [-0.39, 0.29) is 24.0 Å². The lowest BCUT2D eigenvalue weighted by Gasteiger charge is -2.43. The third-order valence-corrected chi connectivity index (χ3v) is 8.53. The highest BCUT2D eigenvalue weighted by atomic mass is 16.5. The lowest BCUT2D eigenvalue weighted by Crippen LogP contribution is -2.55. The fraction of sp³-hybridized carbons (Fsp3) is 0.600. The number of carbonyl (C=O) groups is 2. The maximum atomic E-state index is 13.2. The smallest absolute Gasteiger partial charge is 0.251 e. The molecule has 1 saturated carbocycles. The molecule has 2 N–H and O–H groups in total. The zero-order valence-corrected chi connectivity index (χ0v) is 24.7. The standard InChI is InChI=1S/C30H43N7O4/c1-5-23-29(39)35(2)25-19-33-30(34-27(25)37(23)21-8-6-7-9-21)36(3)24-11-10-20(18-26(24)40-4)28(38)32-16-17-41-22-12-14-31-15-13-22/h10-11,18-19,21-23,31H,5-9,12-17H2,1-4H3,(H,32,38)/t23-/m1/s1. The number of ether oxygens (including phenoxy) is 2. The van der Waals surface area contributed by atoms with Crippen LogP contribution in [0, 0.1) is 0 Å². The topological polar surface area (TPSA) is 112 Å². The zero-order chi connectivity index (χ0) is 28.9. The Labute approximate surface area is 242 Å². The lowest BCUT2D eigenvalue weighted by atomic mass is 10.0. The first-order valence-electron chi connectivity index (χ1n) is 14.9. The summed E-state index contributed by atoms with van der Waals surface area (Å²) in [4.78, 5) is 41.5. The van der Waals surface area contributed by atoms with Crippen LogP contribution in [-0.4, -0.2) is 87.4 Å². The minimum Gasteiger partial charge on any atom is -0.495 e. The first-order valence-corrected chi connectivity index (χ1v) is 14.9. The number of likely N-dealkylation sites (N-methyl/N-ethyl adjacent to an activating group) is 1. The van der Waals surface area contributed by atoms with Gasteiger partial charge in [0, 0.05) is 32.2 Å². The molecule has 2 aliphatic heterocycles. The predicted octanol–water partition coefficient (Wildman–Crippen LogP) is 3.26. The number of nitrogens with one attached hydrogen (secondary N) is 2. The van der Waals surface area contributed by atoms with Gasteiger partial charge >= 0.3 is 0 Å². The molecular weight excluding hydrogens is 522 g/mol. The number of hydrogen-bond acceptors (Lipinski definition) is 9. The maximum Gasteiger partial charge on any atom is 0.251 e. The second kappa shape index (κ2) is 13.0. The number of piperidine rings is 1. The lowest BCUT2D eigenvalue weighted by molar-refractivity contribution is -0.120. The molecule has 5 rings (SSSR count). The van der Waals surface area contributed by atoms with Crippen LogP contribution in [0.15, 0.2) is 24.4 Å². The van der Waals surface area contributed by atoms with Crippen LogP contribution in [0.2, 0.25) is 0 Å². The highest BCUT2D eigenvalue weighted by Gasteiger charge is 2.41. The Bertz CT molecular complexity index is 1230. The number of amides is 2. The first-order chi connectivity index (χ1) is 19.9. The second-order valence-electron chi connectivity index (χ2n) is 11.1. The van der Waals surface area contributed by atoms with Gasteiger partial charge in [-0.25, -0.2) is 4.98 Å². The van der Waals surface area contributed by atoms with E-state index in [1.807, 2.05) is 18.0 Å². The van der Waals surface area contributed by atoms with Crippen molar-refractivity contribution >= 4 is 35.0 Å². The van der Waals surface area contributed by atoms with E-state index in [0.29, 0.717) is 36.5 Å². The number of rotatable bonds is 10. The summed E-state index contributed by atoms with van der Waals surface area (Å²) in [5.41, 5.74) is 1.97. The summed E-state index contributed by atoms with van der Waals surface area (Å²) >= 11 is 0. The molecule has 2 aromatic rings. The van der Waals surface area contributed by atoms with Crippen molar-refractivity contribution in [2.75, 3.05) is 62.1 Å². The van der Waals surface area contributed by atoms with Crippen molar-refractivity contribution in [3.63, 3.8) is 0 Å². The predicted molar refractivity (Wildman–Crippen MR) is 159 cm³/mol. The molecule has 11 nitrogen and oxygen atoms in total. The van der Waals surface area contributed by atoms with E-state index >= 15 is 0 Å². The van der Waals surface area contributed by atoms with Crippen LogP contribution in [0.5, 0.6) is 5.75 Å². The molecule has 2 fully saturated rings. The van der Waals surface area contributed by atoms with Gasteiger partial charge in [0.1, 0.15) is 17.5 Å². The number of aromatic nitrogens is 2. The molecule has 1 saturated heterocycles. The summed E-state index contributed by atoms with van der Waals surface area (Å²) < 4.78 is 11.6. The van der Waals surface area contributed by atoms with E-state index in [4.69, 9.17) is 14.5 Å². The Balaban J connectivity index is 1.32. The molecule has 2 amide bonds. The van der Waals surface area contributed by atoms with E-state index in [1.54, 1.807) is 37.4 Å². The fourth-order valence-corrected chi connectivity index (χ4v) is 6.19. The Morgan fingerprint density at radius 3 is 2.66 bits per heavy atom. The summed E-state index contributed by atoms with van der Waals surface area (Å²) in [5, 5.41) is 6.27. The molecule has 0 radical (unpaired) electrons. The average Bonchev–Trinajstić information content (AvgIpc) is 3.55. The molecule has 1 aromatic heterocycles. The minimum atomic E-state index is -0.235. The quantitative estimate of drug-likeness (QED) is 0.419. The van der Waals surface area contributed by atoms with Crippen molar-refractivity contribution in [2.24, 2.45) is 0 Å². The third kappa shape index (κ3) is 6.11. The maximum absolute atomic E-state index is 13.2. The minimum absolute atomic E-state index is 0.0880. The van der Waals surface area contributed by atoms with Crippen molar-refractivity contribution in [3.8, 4) is 5.75 Å². The van der Waals surface area contributed by atoms with Crippen molar-refractivity contribution < 1.29 is 19.1 Å². The van der Waals surface area contributed by atoms with Crippen molar-refractivity contribution in [1.82, 2.24) is 20.6 Å². The number of nitrogens with zero attached hydrogens (tertiary/aromatic N) is 5. The molecule has 0 bridgehead atoms. The highest BCUT2D eigenvalue weighted by molar-refractivity contribution is 6.04. The van der Waals surface area contributed by atoms with Gasteiger partial charge in [0.15, 0.2) is 5.82 Å². The van der Waals surface area contributed by atoms with Crippen molar-refractivity contribution in [2.45, 2.75) is 70.1 Å². The van der Waals surface area contributed by atoms with E-state index in [1.165, 1.54) is 0 Å². The van der Waals surface area contributed by atoms with Gasteiger partial charge in [-0.2, -0.15) is 4.98 Å². The number of methoxy groups -OCH3 is 1. The Morgan fingerprint density at radius 2 is 1.95 bits per heavy atom. The van der Waals surface area contributed by atoms with E-state index in [2.05, 4.69) is 27.4 Å². The molecule has 3 aliphatic rings. The van der Waals surface area contributed by atoms with Crippen molar-refractivity contribution in [1.29, 1.82) is 0 Å². The third-order valence-electron chi connectivity index (χ3n) is 8.53. The monoisotopic (exact) mass is 565 g/mol. The molecule has 41 heavy (non-hydrogen) atoms. The van der Waals surface area contributed by atoms with Gasteiger partial charge < -0.3 is 34.8 Å². The molecule has 1 aliphatic carbocycles. The van der Waals surface area contributed by atoms with Gasteiger partial charge in [0.25, 0.3) is 5.91 Å². The number of hydrogen-bond donors (Lipinski definition) is 2. The fourth-order valence-electron chi connectivity index (χ4n) is 6.19. The summed E-state index contributed by atoms with van der Waals surface area (Å²) in [6.45, 7) is 4.94. The van der Waals surface area contributed by atoms with Crippen LogP contribution in [0.1, 0.15) is 62.2 Å². The normalized spacial score (nSPS) is 19.8. The first kappa shape index (κ1) is 29.1. The van der Waals surface area contributed by atoms with Crippen LogP contribution in [0.3, 0.4) is 0 Å². The Morgan fingerprint density at radius 1 is 1.20 bits per heavy atom. The highest BCUT2D eigenvalue weighted by Crippen LogP contribution is 2.41. The molecule has 222 valence electrons. The van der Waals surface area contributed by atoms with Crippen LogP contribution in [-0.2, 0) is 9.53 Å². The van der Waals surface area contributed by atoms with Crippen LogP contribution in [0.4, 0.5) is 23.1 Å². The summed E-state index contributed by atoms with van der Waals surface area (Å²) in [5.74, 6) is 1.74. The van der Waals surface area contributed by atoms with Gasteiger partial charge in [0.2, 0.25) is 11.9 Å². The molecule has 1 aromatic carbocycles. The van der Waals surface area contributed by atoms with Crippen molar-refractivity contribution in [3.05, 3.63) is 30.0 Å². The molecular formula is C30H43N7O4. The molecule has 1 atom stereocenters. The Hall–Kier alpha value is -3.44.